The van der Waals surface area contributed by atoms with Gasteiger partial charge in [-0.3, -0.25) is 4.79 Å². The molecule has 0 aromatic rings. The molecule has 1 rings (SSSR count). The van der Waals surface area contributed by atoms with E-state index >= 15 is 0 Å². The van der Waals surface area contributed by atoms with Gasteiger partial charge in [0.05, 0.1) is 5.25 Å². The zero-order valence-corrected chi connectivity index (χ0v) is 11.5. The Hall–Kier alpha value is 0.170. The first-order chi connectivity index (χ1) is 7.01. The monoisotopic (exact) mass is 247 g/mol. The Kier molecular flexibility index (Phi) is 4.84. The maximum atomic E-state index is 11.7. The number of carbonyl (C=O) groups excluding carboxylic acids is 1. The molecule has 0 aliphatic heterocycles. The predicted molar refractivity (Wildman–Crippen MR) is 70.7 cm³/mol. The van der Waals surface area contributed by atoms with Crippen LogP contribution in [0.4, 0.5) is 0 Å². The molecule has 1 unspecified atom stereocenters. The molecule has 1 aliphatic rings. The van der Waals surface area contributed by atoms with Crippen LogP contribution >= 0.6 is 24.4 Å². The SMILES string of the molecule is CSC1(CNC(=O)C(S)C(C)C)CCC1. The lowest BCUT2D eigenvalue weighted by Gasteiger charge is -2.40. The van der Waals surface area contributed by atoms with E-state index in [9.17, 15) is 4.79 Å². The van der Waals surface area contributed by atoms with E-state index in [1.54, 1.807) is 0 Å². The molecule has 0 radical (unpaired) electrons. The number of thiol groups is 1. The van der Waals surface area contributed by atoms with E-state index in [1.165, 1.54) is 19.3 Å². The molecule has 88 valence electrons. The minimum Gasteiger partial charge on any atom is -0.354 e. The number of hydrogen-bond acceptors (Lipinski definition) is 3. The molecule has 1 N–H and O–H groups in total. The molecule has 15 heavy (non-hydrogen) atoms. The predicted octanol–water partition coefficient (Wildman–Crippen LogP) is 2.34. The van der Waals surface area contributed by atoms with Crippen molar-refractivity contribution in [3.8, 4) is 0 Å². The summed E-state index contributed by atoms with van der Waals surface area (Å²) in [6, 6.07) is 0. The highest BCUT2D eigenvalue weighted by molar-refractivity contribution is 8.00. The molecule has 1 saturated carbocycles. The number of nitrogens with one attached hydrogen (secondary N) is 1. The van der Waals surface area contributed by atoms with E-state index in [2.05, 4.69) is 24.2 Å². The summed E-state index contributed by atoms with van der Waals surface area (Å²) in [5.74, 6) is 0.369. The van der Waals surface area contributed by atoms with Gasteiger partial charge in [0.25, 0.3) is 0 Å². The van der Waals surface area contributed by atoms with Crippen LogP contribution in [0.25, 0.3) is 0 Å². The third kappa shape index (κ3) is 3.31. The molecule has 2 nitrogen and oxygen atoms in total. The Morgan fingerprint density at radius 1 is 1.53 bits per heavy atom. The lowest BCUT2D eigenvalue weighted by Crippen LogP contribution is -2.47. The quantitative estimate of drug-likeness (QED) is 0.730. The van der Waals surface area contributed by atoms with E-state index in [1.807, 2.05) is 25.6 Å². The average Bonchev–Trinajstić information content (AvgIpc) is 2.15. The lowest BCUT2D eigenvalue weighted by molar-refractivity contribution is -0.121. The van der Waals surface area contributed by atoms with Crippen LogP contribution in [0.3, 0.4) is 0 Å². The minimum atomic E-state index is -0.177. The van der Waals surface area contributed by atoms with Crippen LogP contribution in [0.2, 0.25) is 0 Å². The molecule has 4 heteroatoms. The van der Waals surface area contributed by atoms with E-state index < -0.39 is 0 Å². The highest BCUT2D eigenvalue weighted by Crippen LogP contribution is 2.42. The van der Waals surface area contributed by atoms with Gasteiger partial charge in [-0.05, 0) is 25.0 Å². The second kappa shape index (κ2) is 5.48. The van der Waals surface area contributed by atoms with Gasteiger partial charge in [0.1, 0.15) is 0 Å². The number of thioether (sulfide) groups is 1. The summed E-state index contributed by atoms with van der Waals surface area (Å²) >= 11 is 6.19. The van der Waals surface area contributed by atoms with Crippen molar-refractivity contribution in [2.24, 2.45) is 5.92 Å². The summed E-state index contributed by atoms with van der Waals surface area (Å²) in [6.45, 7) is 4.84. The Labute approximate surface area is 102 Å². The number of amides is 1. The topological polar surface area (TPSA) is 29.1 Å². The summed E-state index contributed by atoms with van der Waals surface area (Å²) in [6.07, 6.45) is 5.89. The molecule has 0 heterocycles. The van der Waals surface area contributed by atoms with E-state index in [0.29, 0.717) is 10.7 Å². The summed E-state index contributed by atoms with van der Waals surface area (Å²) in [5, 5.41) is 2.84. The smallest absolute Gasteiger partial charge is 0.233 e. The molecule has 1 fully saturated rings. The van der Waals surface area contributed by atoms with Crippen LogP contribution in [0, 0.1) is 5.92 Å². The third-order valence-electron chi connectivity index (χ3n) is 3.18. The van der Waals surface area contributed by atoms with Crippen molar-refractivity contribution in [1.82, 2.24) is 5.32 Å². The van der Waals surface area contributed by atoms with Crippen molar-refractivity contribution in [1.29, 1.82) is 0 Å². The maximum absolute atomic E-state index is 11.7. The molecular formula is C11H21NOS2. The van der Waals surface area contributed by atoms with Crippen molar-refractivity contribution in [3.63, 3.8) is 0 Å². The summed E-state index contributed by atoms with van der Waals surface area (Å²) in [4.78, 5) is 11.7. The number of carbonyl (C=O) groups is 1. The van der Waals surface area contributed by atoms with Gasteiger partial charge in [-0.25, -0.2) is 0 Å². The Bertz CT molecular complexity index is 221. The summed E-state index contributed by atoms with van der Waals surface area (Å²) in [7, 11) is 0. The Morgan fingerprint density at radius 2 is 2.13 bits per heavy atom. The van der Waals surface area contributed by atoms with Crippen molar-refractivity contribution in [2.45, 2.75) is 43.1 Å². The molecule has 0 saturated heterocycles. The third-order valence-corrected chi connectivity index (χ3v) is 5.43. The first-order valence-corrected chi connectivity index (χ1v) is 7.26. The van der Waals surface area contributed by atoms with Crippen LogP contribution in [-0.2, 0) is 4.79 Å². The second-order valence-corrected chi connectivity index (χ2v) is 6.48. The van der Waals surface area contributed by atoms with E-state index in [-0.39, 0.29) is 11.2 Å². The first kappa shape index (κ1) is 13.2. The fourth-order valence-electron chi connectivity index (χ4n) is 1.68. The fraction of sp³-hybridized carbons (Fsp3) is 0.909. The van der Waals surface area contributed by atoms with E-state index in [0.717, 1.165) is 6.54 Å². The van der Waals surface area contributed by atoms with Gasteiger partial charge in [-0.1, -0.05) is 20.3 Å². The van der Waals surface area contributed by atoms with Crippen molar-refractivity contribution >= 4 is 30.3 Å². The molecule has 0 spiro atoms. The van der Waals surface area contributed by atoms with Crippen LogP contribution in [0.5, 0.6) is 0 Å². The molecule has 1 aliphatic carbocycles. The lowest BCUT2D eigenvalue weighted by atomic mass is 9.84. The standard InChI is InChI=1S/C11H21NOS2/c1-8(2)9(14)10(13)12-7-11(15-3)5-4-6-11/h8-9,14H,4-7H2,1-3H3,(H,12,13). The highest BCUT2D eigenvalue weighted by atomic mass is 32.2. The van der Waals surface area contributed by atoms with Crippen LogP contribution in [0.15, 0.2) is 0 Å². The Balaban J connectivity index is 2.33. The van der Waals surface area contributed by atoms with Crippen molar-refractivity contribution < 1.29 is 4.79 Å². The van der Waals surface area contributed by atoms with E-state index in [4.69, 9.17) is 0 Å². The molecular weight excluding hydrogens is 226 g/mol. The largest absolute Gasteiger partial charge is 0.354 e. The van der Waals surface area contributed by atoms with Crippen LogP contribution in [-0.4, -0.2) is 28.7 Å². The Morgan fingerprint density at radius 3 is 2.47 bits per heavy atom. The first-order valence-electron chi connectivity index (χ1n) is 5.52. The second-order valence-electron chi connectivity index (χ2n) is 4.65. The molecule has 0 bridgehead atoms. The highest BCUT2D eigenvalue weighted by Gasteiger charge is 2.36. The maximum Gasteiger partial charge on any atom is 0.233 e. The van der Waals surface area contributed by atoms with Crippen molar-refractivity contribution in [2.75, 3.05) is 12.8 Å². The number of hydrogen-bond donors (Lipinski definition) is 2. The molecule has 0 aromatic carbocycles. The summed E-state index contributed by atoms with van der Waals surface area (Å²) in [5.41, 5.74) is 0. The summed E-state index contributed by atoms with van der Waals surface area (Å²) < 4.78 is 0.320. The van der Waals surface area contributed by atoms with Crippen LogP contribution < -0.4 is 5.32 Å². The number of rotatable bonds is 5. The minimum absolute atomic E-state index is 0.0775. The van der Waals surface area contributed by atoms with Crippen molar-refractivity contribution in [3.05, 3.63) is 0 Å². The molecule has 1 amide bonds. The van der Waals surface area contributed by atoms with Gasteiger partial charge >= 0.3 is 0 Å². The molecule has 0 aromatic heterocycles. The zero-order valence-electron chi connectivity index (χ0n) is 9.75. The van der Waals surface area contributed by atoms with Gasteiger partial charge in [0.15, 0.2) is 0 Å². The molecule has 1 atom stereocenters. The zero-order chi connectivity index (χ0) is 11.5. The fourth-order valence-corrected chi connectivity index (χ4v) is 2.68. The van der Waals surface area contributed by atoms with Crippen LogP contribution in [0.1, 0.15) is 33.1 Å². The van der Waals surface area contributed by atoms with Gasteiger partial charge in [-0.15, -0.1) is 0 Å². The normalized spacial score (nSPS) is 20.9. The van der Waals surface area contributed by atoms with Gasteiger partial charge in [0, 0.05) is 11.3 Å². The van der Waals surface area contributed by atoms with Gasteiger partial charge in [-0.2, -0.15) is 24.4 Å². The average molecular weight is 247 g/mol. The van der Waals surface area contributed by atoms with Gasteiger partial charge < -0.3 is 5.32 Å². The van der Waals surface area contributed by atoms with Gasteiger partial charge in [0.2, 0.25) is 5.91 Å².